The Morgan fingerprint density at radius 3 is 2.72 bits per heavy atom. The predicted octanol–water partition coefficient (Wildman–Crippen LogP) is 4.61. The van der Waals surface area contributed by atoms with Gasteiger partial charge in [-0.25, -0.2) is 9.78 Å². The van der Waals surface area contributed by atoms with Crippen LogP contribution in [0.4, 0.5) is 15.6 Å². The molecule has 1 aromatic carbocycles. The maximum Gasteiger partial charge on any atom is 0.414 e. The first-order valence-electron chi connectivity index (χ1n) is 9.91. The third-order valence-electron chi connectivity index (χ3n) is 5.52. The normalized spacial score (nSPS) is 18.6. The topological polar surface area (TPSA) is 80.8 Å². The van der Waals surface area contributed by atoms with E-state index in [0.717, 1.165) is 53.9 Å². The van der Waals surface area contributed by atoms with Crippen molar-refractivity contribution in [1.82, 2.24) is 4.98 Å². The van der Waals surface area contributed by atoms with Crippen molar-refractivity contribution < 1.29 is 19.1 Å². The Kier molecular flexibility index (Phi) is 5.45. The summed E-state index contributed by atoms with van der Waals surface area (Å²) < 4.78 is 11.4. The summed E-state index contributed by atoms with van der Waals surface area (Å²) in [6.07, 6.45) is 4.73. The highest BCUT2D eigenvalue weighted by Gasteiger charge is 2.33. The van der Waals surface area contributed by atoms with E-state index >= 15 is 0 Å². The third kappa shape index (κ3) is 3.81. The molecule has 0 spiro atoms. The molecule has 2 aliphatic rings. The Labute approximate surface area is 174 Å². The molecule has 8 heteroatoms. The molecule has 29 heavy (non-hydrogen) atoms. The van der Waals surface area contributed by atoms with Crippen LogP contribution in [0.2, 0.25) is 0 Å². The van der Waals surface area contributed by atoms with Crippen molar-refractivity contribution >= 4 is 34.2 Å². The second kappa shape index (κ2) is 8.02. The SMILES string of the molecule is COC(=O)N1c2ccc(-c3csc(NC(C)=O)n3)c(OC3CCC3)c2CCC1C. The van der Waals surface area contributed by atoms with E-state index in [1.807, 2.05) is 24.4 Å². The summed E-state index contributed by atoms with van der Waals surface area (Å²) in [6, 6.07) is 3.96. The average molecular weight is 416 g/mol. The first-order chi connectivity index (χ1) is 14.0. The number of benzene rings is 1. The fraction of sp³-hybridized carbons (Fsp3) is 0.476. The molecule has 1 N–H and O–H groups in total. The second-order valence-electron chi connectivity index (χ2n) is 7.56. The molecule has 0 radical (unpaired) electrons. The Bertz CT molecular complexity index is 938. The van der Waals surface area contributed by atoms with Crippen molar-refractivity contribution in [3.8, 4) is 17.0 Å². The van der Waals surface area contributed by atoms with E-state index in [1.54, 1.807) is 4.90 Å². The van der Waals surface area contributed by atoms with E-state index in [4.69, 9.17) is 9.47 Å². The van der Waals surface area contributed by atoms with Crippen molar-refractivity contribution in [2.24, 2.45) is 0 Å². The summed E-state index contributed by atoms with van der Waals surface area (Å²) in [5, 5.41) is 5.21. The van der Waals surface area contributed by atoms with Crippen LogP contribution in [0.15, 0.2) is 17.5 Å². The van der Waals surface area contributed by atoms with Crippen LogP contribution in [0.5, 0.6) is 5.75 Å². The number of hydrogen-bond donors (Lipinski definition) is 1. The first-order valence-corrected chi connectivity index (χ1v) is 10.8. The van der Waals surface area contributed by atoms with Crippen LogP contribution in [0.1, 0.15) is 45.1 Å². The summed E-state index contributed by atoms with van der Waals surface area (Å²) in [4.78, 5) is 30.0. The van der Waals surface area contributed by atoms with Crippen LogP contribution in [0, 0.1) is 0 Å². The second-order valence-corrected chi connectivity index (χ2v) is 8.42. The minimum atomic E-state index is -0.359. The van der Waals surface area contributed by atoms with E-state index in [2.05, 4.69) is 10.3 Å². The molecule has 1 saturated carbocycles. The summed E-state index contributed by atoms with van der Waals surface area (Å²) in [6.45, 7) is 3.49. The van der Waals surface area contributed by atoms with Crippen molar-refractivity contribution in [3.63, 3.8) is 0 Å². The highest BCUT2D eigenvalue weighted by Crippen LogP contribution is 2.45. The number of fused-ring (bicyclic) bond motifs is 1. The number of hydrogen-bond acceptors (Lipinski definition) is 6. The minimum absolute atomic E-state index is 0.0583. The lowest BCUT2D eigenvalue weighted by Gasteiger charge is -2.36. The fourth-order valence-electron chi connectivity index (χ4n) is 3.78. The fourth-order valence-corrected chi connectivity index (χ4v) is 4.53. The maximum absolute atomic E-state index is 12.4. The van der Waals surface area contributed by atoms with Gasteiger partial charge in [0.2, 0.25) is 5.91 Å². The first kappa shape index (κ1) is 19.7. The lowest BCUT2D eigenvalue weighted by Crippen LogP contribution is -2.42. The zero-order valence-corrected chi connectivity index (χ0v) is 17.7. The quantitative estimate of drug-likeness (QED) is 0.789. The third-order valence-corrected chi connectivity index (χ3v) is 6.28. The molecule has 2 aromatic rings. The Balaban J connectivity index is 1.79. The number of aromatic nitrogens is 1. The lowest BCUT2D eigenvalue weighted by atomic mass is 9.92. The van der Waals surface area contributed by atoms with Gasteiger partial charge >= 0.3 is 6.09 Å². The molecule has 1 aliphatic carbocycles. The summed E-state index contributed by atoms with van der Waals surface area (Å²) in [5.41, 5.74) is 3.51. The van der Waals surface area contributed by atoms with Crippen LogP contribution >= 0.6 is 11.3 Å². The highest BCUT2D eigenvalue weighted by molar-refractivity contribution is 7.14. The molecule has 7 nitrogen and oxygen atoms in total. The van der Waals surface area contributed by atoms with Gasteiger partial charge in [-0.3, -0.25) is 9.69 Å². The molecule has 1 aromatic heterocycles. The predicted molar refractivity (Wildman–Crippen MR) is 113 cm³/mol. The molecule has 1 atom stereocenters. The molecule has 1 fully saturated rings. The van der Waals surface area contributed by atoms with Gasteiger partial charge in [-0.15, -0.1) is 11.3 Å². The number of anilines is 2. The van der Waals surface area contributed by atoms with Crippen LogP contribution < -0.4 is 15.0 Å². The number of ether oxygens (including phenoxy) is 2. The number of thiazole rings is 1. The Morgan fingerprint density at radius 1 is 1.28 bits per heavy atom. The molecular weight excluding hydrogens is 390 g/mol. The number of carbonyl (C=O) groups excluding carboxylic acids is 2. The van der Waals surface area contributed by atoms with Crippen LogP contribution in [-0.4, -0.2) is 36.2 Å². The van der Waals surface area contributed by atoms with Gasteiger partial charge < -0.3 is 14.8 Å². The standard InChI is InChI=1S/C21H25N3O4S/c1-12-7-8-16-18(24(12)21(26)27-3)10-9-15(19(16)28-14-5-4-6-14)17-11-29-20(23-17)22-13(2)25/h9-12,14H,4-8H2,1-3H3,(H,22,23,25). The lowest BCUT2D eigenvalue weighted by molar-refractivity contribution is -0.114. The Hall–Kier alpha value is -2.61. The minimum Gasteiger partial charge on any atom is -0.489 e. The zero-order valence-electron chi connectivity index (χ0n) is 16.9. The van der Waals surface area contributed by atoms with Crippen LogP contribution in [0.25, 0.3) is 11.3 Å². The van der Waals surface area contributed by atoms with Gasteiger partial charge in [0.25, 0.3) is 0 Å². The monoisotopic (exact) mass is 415 g/mol. The highest BCUT2D eigenvalue weighted by atomic mass is 32.1. The summed E-state index contributed by atoms with van der Waals surface area (Å²) in [5.74, 6) is 0.651. The number of nitrogens with one attached hydrogen (secondary N) is 1. The molecule has 4 rings (SSSR count). The molecule has 2 amide bonds. The number of amides is 2. The van der Waals surface area contributed by atoms with Crippen LogP contribution in [0.3, 0.4) is 0 Å². The van der Waals surface area contributed by atoms with Gasteiger partial charge in [-0.05, 0) is 51.2 Å². The summed E-state index contributed by atoms with van der Waals surface area (Å²) in [7, 11) is 1.41. The number of rotatable bonds is 4. The molecule has 1 unspecified atom stereocenters. The average Bonchev–Trinajstić information content (AvgIpc) is 3.11. The molecule has 154 valence electrons. The van der Waals surface area contributed by atoms with Crippen molar-refractivity contribution in [2.45, 2.75) is 58.1 Å². The Morgan fingerprint density at radius 2 is 2.07 bits per heavy atom. The largest absolute Gasteiger partial charge is 0.489 e. The van der Waals surface area contributed by atoms with Crippen molar-refractivity contribution in [2.75, 3.05) is 17.3 Å². The van der Waals surface area contributed by atoms with E-state index in [-0.39, 0.29) is 24.1 Å². The zero-order chi connectivity index (χ0) is 20.5. The molecule has 2 heterocycles. The number of carbonyl (C=O) groups is 2. The smallest absolute Gasteiger partial charge is 0.414 e. The van der Waals surface area contributed by atoms with Crippen molar-refractivity contribution in [1.29, 1.82) is 0 Å². The van der Waals surface area contributed by atoms with Gasteiger partial charge in [0, 0.05) is 29.5 Å². The van der Waals surface area contributed by atoms with Gasteiger partial charge in [0.15, 0.2) is 5.13 Å². The number of methoxy groups -OCH3 is 1. The summed E-state index contributed by atoms with van der Waals surface area (Å²) >= 11 is 1.38. The molecule has 0 bridgehead atoms. The van der Waals surface area contributed by atoms with E-state index in [0.29, 0.717) is 5.13 Å². The van der Waals surface area contributed by atoms with Gasteiger partial charge in [0.05, 0.1) is 24.6 Å². The van der Waals surface area contributed by atoms with Gasteiger partial charge in [-0.2, -0.15) is 0 Å². The van der Waals surface area contributed by atoms with Gasteiger partial charge in [-0.1, -0.05) is 0 Å². The van der Waals surface area contributed by atoms with Crippen molar-refractivity contribution in [3.05, 3.63) is 23.1 Å². The molecular formula is C21H25N3O4S. The van der Waals surface area contributed by atoms with E-state index in [1.165, 1.54) is 31.8 Å². The molecule has 1 aliphatic heterocycles. The van der Waals surface area contributed by atoms with E-state index in [9.17, 15) is 9.59 Å². The van der Waals surface area contributed by atoms with E-state index < -0.39 is 0 Å². The maximum atomic E-state index is 12.4. The number of nitrogens with zero attached hydrogens (tertiary/aromatic N) is 2. The van der Waals surface area contributed by atoms with Crippen LogP contribution in [-0.2, 0) is 16.0 Å². The van der Waals surface area contributed by atoms with Gasteiger partial charge in [0.1, 0.15) is 5.75 Å². The molecule has 0 saturated heterocycles.